The lowest BCUT2D eigenvalue weighted by atomic mass is 10.1. The van der Waals surface area contributed by atoms with E-state index in [9.17, 15) is 4.79 Å². The van der Waals surface area contributed by atoms with Gasteiger partial charge in [-0.15, -0.1) is 0 Å². The van der Waals surface area contributed by atoms with E-state index in [1.165, 1.54) is 0 Å². The minimum atomic E-state index is 0.157. The highest BCUT2D eigenvalue weighted by Crippen LogP contribution is 2.29. The number of anilines is 1. The van der Waals surface area contributed by atoms with Gasteiger partial charge in [0.2, 0.25) is 5.91 Å². The van der Waals surface area contributed by atoms with Gasteiger partial charge in [0.15, 0.2) is 5.69 Å². The number of fused-ring (bicyclic) bond motifs is 1. The van der Waals surface area contributed by atoms with Crippen molar-refractivity contribution in [1.29, 1.82) is 0 Å². The molecule has 0 fully saturated rings. The Morgan fingerprint density at radius 1 is 1.40 bits per heavy atom. The van der Waals surface area contributed by atoms with Crippen molar-refractivity contribution in [2.45, 2.75) is 19.3 Å². The second-order valence-corrected chi connectivity index (χ2v) is 3.73. The van der Waals surface area contributed by atoms with Crippen molar-refractivity contribution in [1.82, 2.24) is 0 Å². The van der Waals surface area contributed by atoms with Crippen LogP contribution in [0.2, 0.25) is 0 Å². The minimum absolute atomic E-state index is 0.157. The Hall–Kier alpha value is -1.82. The van der Waals surface area contributed by atoms with Crippen LogP contribution in [0.5, 0.6) is 0 Å². The monoisotopic (exact) mass is 200 g/mol. The molecule has 15 heavy (non-hydrogen) atoms. The average molecular weight is 200 g/mol. The lowest BCUT2D eigenvalue weighted by Gasteiger charge is -2.17. The number of hydrogen-bond donors (Lipinski definition) is 0. The number of benzene rings is 1. The largest absolute Gasteiger partial charge is 0.315 e. The van der Waals surface area contributed by atoms with Gasteiger partial charge in [-0.05, 0) is 24.5 Å². The first-order chi connectivity index (χ1) is 7.22. The molecule has 0 radical (unpaired) electrons. The highest BCUT2D eigenvalue weighted by Gasteiger charge is 2.18. The lowest BCUT2D eigenvalue weighted by Crippen LogP contribution is -2.24. The Kier molecular flexibility index (Phi) is 2.42. The predicted octanol–water partition coefficient (Wildman–Crippen LogP) is 2.54. The number of amides is 1. The smallest absolute Gasteiger partial charge is 0.226 e. The number of carbonyl (C=O) groups excluding carboxylic acids is 1. The number of carbonyl (C=O) groups is 1. The van der Waals surface area contributed by atoms with Gasteiger partial charge in [-0.2, -0.15) is 0 Å². The Morgan fingerprint density at radius 2 is 2.20 bits per heavy atom. The third-order valence-electron chi connectivity index (χ3n) is 2.76. The fourth-order valence-electron chi connectivity index (χ4n) is 1.90. The van der Waals surface area contributed by atoms with E-state index in [-0.39, 0.29) is 5.91 Å². The van der Waals surface area contributed by atoms with Crippen LogP contribution in [-0.2, 0) is 11.2 Å². The summed E-state index contributed by atoms with van der Waals surface area (Å²) in [5.41, 5.74) is 2.71. The summed E-state index contributed by atoms with van der Waals surface area (Å²) in [6.07, 6.45) is 2.35. The molecule has 0 N–H and O–H groups in total. The zero-order valence-electron chi connectivity index (χ0n) is 8.66. The molecule has 3 nitrogen and oxygen atoms in total. The molecule has 0 bridgehead atoms. The van der Waals surface area contributed by atoms with Crippen LogP contribution in [0.25, 0.3) is 4.85 Å². The summed E-state index contributed by atoms with van der Waals surface area (Å²) in [5.74, 6) is 0.157. The summed E-state index contributed by atoms with van der Waals surface area (Å²) >= 11 is 0. The molecule has 1 aliphatic heterocycles. The van der Waals surface area contributed by atoms with Crippen LogP contribution >= 0.6 is 0 Å². The summed E-state index contributed by atoms with van der Waals surface area (Å²) in [7, 11) is 1.80. The second-order valence-electron chi connectivity index (χ2n) is 3.73. The Bertz CT molecular complexity index is 445. The molecule has 1 aromatic carbocycles. The van der Waals surface area contributed by atoms with Crippen molar-refractivity contribution < 1.29 is 4.79 Å². The van der Waals surface area contributed by atoms with Crippen molar-refractivity contribution in [2.75, 3.05) is 11.9 Å². The predicted molar refractivity (Wildman–Crippen MR) is 59.1 cm³/mol. The van der Waals surface area contributed by atoms with Gasteiger partial charge in [-0.25, -0.2) is 4.85 Å². The number of hydrogen-bond acceptors (Lipinski definition) is 1. The first-order valence-corrected chi connectivity index (χ1v) is 4.99. The van der Waals surface area contributed by atoms with E-state index in [1.807, 2.05) is 12.1 Å². The number of aryl methyl sites for hydroxylation is 1. The van der Waals surface area contributed by atoms with E-state index in [0.29, 0.717) is 12.1 Å². The van der Waals surface area contributed by atoms with Crippen LogP contribution in [0.15, 0.2) is 18.2 Å². The summed E-state index contributed by atoms with van der Waals surface area (Å²) in [6.45, 7) is 6.95. The molecule has 1 heterocycles. The zero-order chi connectivity index (χ0) is 10.8. The normalized spacial score (nSPS) is 15.5. The van der Waals surface area contributed by atoms with Gasteiger partial charge in [-0.3, -0.25) is 4.79 Å². The highest BCUT2D eigenvalue weighted by atomic mass is 16.2. The maximum Gasteiger partial charge on any atom is 0.226 e. The first-order valence-electron chi connectivity index (χ1n) is 4.99. The van der Waals surface area contributed by atoms with Crippen molar-refractivity contribution in [3.8, 4) is 0 Å². The SMILES string of the molecule is [C-]#[N+]c1ccc2c(c1)CCCC(=O)N2C. The van der Waals surface area contributed by atoms with Crippen LogP contribution in [0, 0.1) is 6.57 Å². The van der Waals surface area contributed by atoms with E-state index in [4.69, 9.17) is 6.57 Å². The first kappa shape index (κ1) is 9.72. The number of rotatable bonds is 0. The molecule has 0 aliphatic carbocycles. The van der Waals surface area contributed by atoms with Crippen LogP contribution < -0.4 is 4.90 Å². The summed E-state index contributed by atoms with van der Waals surface area (Å²) in [4.78, 5) is 16.7. The van der Waals surface area contributed by atoms with E-state index in [1.54, 1.807) is 18.0 Å². The highest BCUT2D eigenvalue weighted by molar-refractivity contribution is 5.94. The maximum atomic E-state index is 11.6. The Labute approximate surface area is 89.1 Å². The van der Waals surface area contributed by atoms with Gasteiger partial charge in [-0.1, -0.05) is 12.1 Å². The molecule has 0 spiro atoms. The average Bonchev–Trinajstić information content (AvgIpc) is 2.40. The molecule has 0 atom stereocenters. The molecule has 1 amide bonds. The van der Waals surface area contributed by atoms with E-state index < -0.39 is 0 Å². The molecule has 1 aromatic rings. The standard InChI is InChI=1S/C12H12N2O/c1-13-10-6-7-11-9(8-10)4-3-5-12(15)14(11)2/h6-8H,3-5H2,2H3. The van der Waals surface area contributed by atoms with Crippen LogP contribution in [0.4, 0.5) is 11.4 Å². The second kappa shape index (κ2) is 3.74. The molecule has 3 heteroatoms. The fraction of sp³-hybridized carbons (Fsp3) is 0.333. The molecule has 0 aromatic heterocycles. The summed E-state index contributed by atoms with van der Waals surface area (Å²) in [5, 5.41) is 0. The zero-order valence-corrected chi connectivity index (χ0v) is 8.66. The molecule has 0 saturated heterocycles. The molecule has 0 unspecified atom stereocenters. The van der Waals surface area contributed by atoms with Gasteiger partial charge in [0.05, 0.1) is 6.57 Å². The van der Waals surface area contributed by atoms with Gasteiger partial charge in [0.25, 0.3) is 0 Å². The number of nitrogens with zero attached hydrogens (tertiary/aromatic N) is 2. The lowest BCUT2D eigenvalue weighted by molar-refractivity contribution is -0.118. The molecule has 76 valence electrons. The van der Waals surface area contributed by atoms with Crippen molar-refractivity contribution in [3.05, 3.63) is 35.2 Å². The van der Waals surface area contributed by atoms with Crippen molar-refractivity contribution in [2.24, 2.45) is 0 Å². The summed E-state index contributed by atoms with van der Waals surface area (Å²) < 4.78 is 0. The molecular weight excluding hydrogens is 188 g/mol. The minimum Gasteiger partial charge on any atom is -0.315 e. The quantitative estimate of drug-likeness (QED) is 0.590. The van der Waals surface area contributed by atoms with Gasteiger partial charge in [0, 0.05) is 19.2 Å². The molecule has 2 rings (SSSR count). The molecule has 0 saturated carbocycles. The van der Waals surface area contributed by atoms with Crippen molar-refractivity contribution in [3.63, 3.8) is 0 Å². The Balaban J connectivity index is 2.49. The third kappa shape index (κ3) is 1.71. The molecular formula is C12H12N2O. The molecule has 1 aliphatic rings. The third-order valence-corrected chi connectivity index (χ3v) is 2.76. The van der Waals surface area contributed by atoms with Crippen molar-refractivity contribution >= 4 is 17.3 Å². The van der Waals surface area contributed by atoms with Gasteiger partial charge < -0.3 is 4.90 Å². The Morgan fingerprint density at radius 3 is 2.93 bits per heavy atom. The maximum absolute atomic E-state index is 11.6. The summed E-state index contributed by atoms with van der Waals surface area (Å²) in [6, 6.07) is 5.52. The van der Waals surface area contributed by atoms with Gasteiger partial charge in [0.1, 0.15) is 0 Å². The van der Waals surface area contributed by atoms with E-state index in [0.717, 1.165) is 24.1 Å². The topological polar surface area (TPSA) is 24.7 Å². The van der Waals surface area contributed by atoms with Crippen LogP contribution in [0.1, 0.15) is 18.4 Å². The van der Waals surface area contributed by atoms with Crippen LogP contribution in [-0.4, -0.2) is 13.0 Å². The fourth-order valence-corrected chi connectivity index (χ4v) is 1.90. The van der Waals surface area contributed by atoms with Gasteiger partial charge >= 0.3 is 0 Å². The van der Waals surface area contributed by atoms with E-state index in [2.05, 4.69) is 4.85 Å². The van der Waals surface area contributed by atoms with E-state index >= 15 is 0 Å². The van der Waals surface area contributed by atoms with Crippen LogP contribution in [0.3, 0.4) is 0 Å².